The molecule has 6 atom stereocenters. The van der Waals surface area contributed by atoms with Crippen LogP contribution in [0.25, 0.3) is 0 Å². The van der Waals surface area contributed by atoms with Gasteiger partial charge in [0.05, 0.1) is 12.5 Å². The summed E-state index contributed by atoms with van der Waals surface area (Å²) in [5, 5.41) is 10.6. The van der Waals surface area contributed by atoms with Gasteiger partial charge in [0.25, 0.3) is 0 Å². The minimum absolute atomic E-state index is 0.181. The third kappa shape index (κ3) is 2.81. The van der Waals surface area contributed by atoms with E-state index in [-0.39, 0.29) is 18.0 Å². The van der Waals surface area contributed by atoms with E-state index in [9.17, 15) is 9.90 Å². The van der Waals surface area contributed by atoms with Crippen LogP contribution in [0, 0.1) is 29.6 Å². The molecule has 3 aliphatic carbocycles. The molecule has 126 valence electrons. The Hall–Kier alpha value is -0.570. The van der Waals surface area contributed by atoms with Gasteiger partial charge in [-0.05, 0) is 74.5 Å². The molecule has 3 fully saturated rings. The lowest BCUT2D eigenvalue weighted by Gasteiger charge is -2.35. The monoisotopic (exact) mass is 308 g/mol. The third-order valence-electron chi connectivity index (χ3n) is 7.31. The summed E-state index contributed by atoms with van der Waals surface area (Å²) in [6.45, 7) is 6.77. The third-order valence-corrected chi connectivity index (χ3v) is 7.31. The molecule has 0 aromatic heterocycles. The lowest BCUT2D eigenvalue weighted by atomic mass is 9.73. The molecule has 0 radical (unpaired) electrons. The molecule has 22 heavy (non-hydrogen) atoms. The average molecular weight is 308 g/mol. The molecule has 6 unspecified atom stereocenters. The Labute approximate surface area is 134 Å². The van der Waals surface area contributed by atoms with E-state index < -0.39 is 6.10 Å². The summed E-state index contributed by atoms with van der Waals surface area (Å²) in [7, 11) is 0. The van der Waals surface area contributed by atoms with Gasteiger partial charge >= 0.3 is 5.97 Å². The number of hydrogen-bond donors (Lipinski definition) is 1. The predicted octanol–water partition coefficient (Wildman–Crippen LogP) is 3.93. The first-order chi connectivity index (χ1) is 10.5. The van der Waals surface area contributed by atoms with Gasteiger partial charge in [0.2, 0.25) is 0 Å². The highest BCUT2D eigenvalue weighted by Gasteiger charge is 2.51. The largest absolute Gasteiger partial charge is 0.459 e. The molecule has 3 rings (SSSR count). The zero-order valence-electron chi connectivity index (χ0n) is 14.4. The maximum atomic E-state index is 12.3. The Morgan fingerprint density at radius 1 is 1.23 bits per heavy atom. The summed E-state index contributed by atoms with van der Waals surface area (Å²) >= 11 is 0. The summed E-state index contributed by atoms with van der Waals surface area (Å²) in [6, 6.07) is 0. The molecule has 0 aromatic rings. The van der Waals surface area contributed by atoms with Crippen molar-refractivity contribution in [2.24, 2.45) is 29.6 Å². The average Bonchev–Trinajstić information content (AvgIpc) is 3.17. The fourth-order valence-electron chi connectivity index (χ4n) is 5.59. The van der Waals surface area contributed by atoms with Crippen LogP contribution >= 0.6 is 0 Å². The molecule has 3 aliphatic rings. The first-order valence-corrected chi connectivity index (χ1v) is 9.35. The number of fused-ring (bicyclic) bond motifs is 2. The van der Waals surface area contributed by atoms with Crippen molar-refractivity contribution < 1.29 is 14.6 Å². The SMILES string of the molecule is CCC1(OC(=O)CC(O)C2CC3CC2C(C)C3C)CCCC1. The second-order valence-electron chi connectivity index (χ2n) is 8.27. The van der Waals surface area contributed by atoms with Crippen LogP contribution < -0.4 is 0 Å². The number of aliphatic hydroxyl groups excluding tert-OH is 1. The molecular weight excluding hydrogens is 276 g/mol. The van der Waals surface area contributed by atoms with Crippen LogP contribution in [0.1, 0.15) is 72.1 Å². The van der Waals surface area contributed by atoms with E-state index in [1.165, 1.54) is 6.42 Å². The van der Waals surface area contributed by atoms with Crippen molar-refractivity contribution >= 4 is 5.97 Å². The molecule has 0 aliphatic heterocycles. The topological polar surface area (TPSA) is 46.5 Å². The van der Waals surface area contributed by atoms with Crippen LogP contribution in [0.5, 0.6) is 0 Å². The minimum Gasteiger partial charge on any atom is -0.459 e. The predicted molar refractivity (Wildman–Crippen MR) is 86.2 cm³/mol. The van der Waals surface area contributed by atoms with E-state index >= 15 is 0 Å². The highest BCUT2D eigenvalue weighted by Crippen LogP contribution is 2.56. The Kier molecular flexibility index (Phi) is 4.55. The molecule has 3 saturated carbocycles. The molecule has 0 amide bonds. The molecular formula is C19H32O3. The van der Waals surface area contributed by atoms with E-state index in [0.29, 0.717) is 17.8 Å². The van der Waals surface area contributed by atoms with Crippen LogP contribution in [-0.2, 0) is 9.53 Å². The standard InChI is InChI=1S/C19H32O3/c1-4-19(7-5-6-8-19)22-18(21)11-17(20)16-10-14-9-15(16)13(3)12(14)2/h12-17,20H,4-11H2,1-3H3. The van der Waals surface area contributed by atoms with Gasteiger partial charge in [-0.25, -0.2) is 0 Å². The highest BCUT2D eigenvalue weighted by atomic mass is 16.6. The maximum absolute atomic E-state index is 12.3. The van der Waals surface area contributed by atoms with Crippen molar-refractivity contribution in [2.45, 2.75) is 83.8 Å². The molecule has 0 spiro atoms. The van der Waals surface area contributed by atoms with E-state index in [4.69, 9.17) is 4.74 Å². The van der Waals surface area contributed by atoms with Crippen molar-refractivity contribution in [2.75, 3.05) is 0 Å². The van der Waals surface area contributed by atoms with Gasteiger partial charge in [-0.1, -0.05) is 20.8 Å². The van der Waals surface area contributed by atoms with Crippen molar-refractivity contribution in [1.82, 2.24) is 0 Å². The molecule has 0 heterocycles. The summed E-state index contributed by atoms with van der Waals surface area (Å²) in [4.78, 5) is 12.3. The fourth-order valence-corrected chi connectivity index (χ4v) is 5.59. The second-order valence-corrected chi connectivity index (χ2v) is 8.27. The molecule has 2 bridgehead atoms. The van der Waals surface area contributed by atoms with Gasteiger partial charge in [0.1, 0.15) is 5.60 Å². The van der Waals surface area contributed by atoms with Gasteiger partial charge in [0.15, 0.2) is 0 Å². The first kappa shape index (κ1) is 16.3. The highest BCUT2D eigenvalue weighted by molar-refractivity contribution is 5.70. The Morgan fingerprint density at radius 3 is 2.45 bits per heavy atom. The van der Waals surface area contributed by atoms with Crippen LogP contribution in [0.3, 0.4) is 0 Å². The lowest BCUT2D eigenvalue weighted by Crippen LogP contribution is -2.36. The van der Waals surface area contributed by atoms with Crippen LogP contribution in [0.15, 0.2) is 0 Å². The van der Waals surface area contributed by atoms with Crippen molar-refractivity contribution in [3.05, 3.63) is 0 Å². The van der Waals surface area contributed by atoms with Crippen LogP contribution in [-0.4, -0.2) is 22.8 Å². The van der Waals surface area contributed by atoms with Gasteiger partial charge in [-0.15, -0.1) is 0 Å². The summed E-state index contributed by atoms with van der Waals surface area (Å²) < 4.78 is 5.81. The summed E-state index contributed by atoms with van der Waals surface area (Å²) in [5.74, 6) is 2.96. The van der Waals surface area contributed by atoms with E-state index in [1.807, 2.05) is 0 Å². The number of aliphatic hydroxyl groups is 1. The van der Waals surface area contributed by atoms with Gasteiger partial charge < -0.3 is 9.84 Å². The van der Waals surface area contributed by atoms with Gasteiger partial charge in [-0.3, -0.25) is 4.79 Å². The molecule has 3 heteroatoms. The molecule has 0 aromatic carbocycles. The quantitative estimate of drug-likeness (QED) is 0.783. The molecule has 0 saturated heterocycles. The first-order valence-electron chi connectivity index (χ1n) is 9.35. The number of carbonyl (C=O) groups excluding carboxylic acids is 1. The zero-order chi connectivity index (χ0) is 15.9. The summed E-state index contributed by atoms with van der Waals surface area (Å²) in [5.41, 5.74) is -0.229. The fraction of sp³-hybridized carbons (Fsp3) is 0.947. The number of rotatable bonds is 5. The van der Waals surface area contributed by atoms with Crippen LogP contribution in [0.4, 0.5) is 0 Å². The van der Waals surface area contributed by atoms with Crippen molar-refractivity contribution in [3.63, 3.8) is 0 Å². The lowest BCUT2D eigenvalue weighted by molar-refractivity contribution is -0.163. The van der Waals surface area contributed by atoms with Crippen LogP contribution in [0.2, 0.25) is 0 Å². The van der Waals surface area contributed by atoms with E-state index in [2.05, 4.69) is 20.8 Å². The Balaban J connectivity index is 1.54. The van der Waals surface area contributed by atoms with E-state index in [1.54, 1.807) is 0 Å². The minimum atomic E-state index is -0.507. The van der Waals surface area contributed by atoms with Gasteiger partial charge in [-0.2, -0.15) is 0 Å². The molecule has 3 nitrogen and oxygen atoms in total. The normalized spacial score (nSPS) is 40.8. The smallest absolute Gasteiger partial charge is 0.308 e. The van der Waals surface area contributed by atoms with Gasteiger partial charge in [0, 0.05) is 0 Å². The molecule has 1 N–H and O–H groups in total. The number of ether oxygens (including phenoxy) is 1. The number of carbonyl (C=O) groups is 1. The number of hydrogen-bond acceptors (Lipinski definition) is 3. The zero-order valence-corrected chi connectivity index (χ0v) is 14.4. The Morgan fingerprint density at radius 2 is 1.91 bits per heavy atom. The number of esters is 1. The van der Waals surface area contributed by atoms with Crippen molar-refractivity contribution in [3.8, 4) is 0 Å². The summed E-state index contributed by atoms with van der Waals surface area (Å²) in [6.07, 6.45) is 7.24. The van der Waals surface area contributed by atoms with Crippen molar-refractivity contribution in [1.29, 1.82) is 0 Å². The van der Waals surface area contributed by atoms with E-state index in [0.717, 1.165) is 50.4 Å². The Bertz CT molecular complexity index is 411. The second kappa shape index (κ2) is 6.14. The maximum Gasteiger partial charge on any atom is 0.308 e.